The smallest absolute Gasteiger partial charge is 0.292 e. The van der Waals surface area contributed by atoms with Crippen molar-refractivity contribution in [1.82, 2.24) is 0 Å². The van der Waals surface area contributed by atoms with Crippen molar-refractivity contribution in [3.8, 4) is 0 Å². The van der Waals surface area contributed by atoms with Gasteiger partial charge in [-0.3, -0.25) is 10.1 Å². The minimum absolute atomic E-state index is 0.123. The third kappa shape index (κ3) is 3.28. The molecule has 0 bridgehead atoms. The van der Waals surface area contributed by atoms with Gasteiger partial charge in [0.2, 0.25) is 0 Å². The largest absolute Gasteiger partial charge is 0.393 e. The highest BCUT2D eigenvalue weighted by Crippen LogP contribution is 2.25. The van der Waals surface area contributed by atoms with Crippen molar-refractivity contribution in [1.29, 1.82) is 0 Å². The topological polar surface area (TPSA) is 72.4 Å². The van der Waals surface area contributed by atoms with Gasteiger partial charge in [-0.05, 0) is 30.7 Å². The SMILES string of the molecule is CCN(Cc1ccc(N)c([N+](=O)[O-])c1)c1ccccc1F. The zero-order valence-corrected chi connectivity index (χ0v) is 11.6. The summed E-state index contributed by atoms with van der Waals surface area (Å²) in [5.74, 6) is -0.315. The first-order chi connectivity index (χ1) is 10.0. The van der Waals surface area contributed by atoms with Crippen LogP contribution in [0.25, 0.3) is 0 Å². The van der Waals surface area contributed by atoms with Crippen LogP contribution in [-0.2, 0) is 6.54 Å². The van der Waals surface area contributed by atoms with E-state index in [-0.39, 0.29) is 17.2 Å². The van der Waals surface area contributed by atoms with Crippen molar-refractivity contribution in [2.45, 2.75) is 13.5 Å². The molecule has 2 rings (SSSR count). The molecular weight excluding hydrogens is 273 g/mol. The van der Waals surface area contributed by atoms with Gasteiger partial charge in [0.05, 0.1) is 10.6 Å². The van der Waals surface area contributed by atoms with Crippen LogP contribution >= 0.6 is 0 Å². The summed E-state index contributed by atoms with van der Waals surface area (Å²) in [7, 11) is 0. The molecule has 0 aliphatic rings. The summed E-state index contributed by atoms with van der Waals surface area (Å²) < 4.78 is 13.8. The Morgan fingerprint density at radius 2 is 2.00 bits per heavy atom. The number of nitrogens with zero attached hydrogens (tertiary/aromatic N) is 2. The number of hydrogen-bond donors (Lipinski definition) is 1. The number of hydrogen-bond acceptors (Lipinski definition) is 4. The molecule has 21 heavy (non-hydrogen) atoms. The van der Waals surface area contributed by atoms with Crippen LogP contribution in [-0.4, -0.2) is 11.5 Å². The quantitative estimate of drug-likeness (QED) is 0.520. The molecule has 0 spiro atoms. The first kappa shape index (κ1) is 14.8. The number of nitro benzene ring substituents is 1. The van der Waals surface area contributed by atoms with Crippen LogP contribution in [0.4, 0.5) is 21.5 Å². The van der Waals surface area contributed by atoms with E-state index in [1.54, 1.807) is 24.3 Å². The Morgan fingerprint density at radius 1 is 1.29 bits per heavy atom. The van der Waals surface area contributed by atoms with Crippen molar-refractivity contribution in [3.63, 3.8) is 0 Å². The molecule has 0 heterocycles. The highest BCUT2D eigenvalue weighted by molar-refractivity contribution is 5.59. The maximum Gasteiger partial charge on any atom is 0.292 e. The van der Waals surface area contributed by atoms with Gasteiger partial charge >= 0.3 is 0 Å². The lowest BCUT2D eigenvalue weighted by atomic mass is 10.1. The molecule has 0 aliphatic carbocycles. The number of benzene rings is 2. The predicted molar refractivity (Wildman–Crippen MR) is 80.6 cm³/mol. The van der Waals surface area contributed by atoms with E-state index in [2.05, 4.69) is 0 Å². The molecule has 0 radical (unpaired) electrons. The van der Waals surface area contributed by atoms with E-state index in [4.69, 9.17) is 5.73 Å². The fourth-order valence-electron chi connectivity index (χ4n) is 2.14. The lowest BCUT2D eigenvalue weighted by Gasteiger charge is -2.23. The Kier molecular flexibility index (Phi) is 4.37. The summed E-state index contributed by atoms with van der Waals surface area (Å²) in [5.41, 5.74) is 6.75. The maximum atomic E-state index is 13.8. The Hall–Kier alpha value is -2.63. The van der Waals surface area contributed by atoms with Crippen molar-refractivity contribution in [2.24, 2.45) is 0 Å². The summed E-state index contributed by atoms with van der Waals surface area (Å²) in [6.45, 7) is 2.86. The summed E-state index contributed by atoms with van der Waals surface area (Å²) in [6, 6.07) is 11.1. The van der Waals surface area contributed by atoms with Gasteiger partial charge in [0.25, 0.3) is 5.69 Å². The Balaban J connectivity index is 2.29. The van der Waals surface area contributed by atoms with Crippen molar-refractivity contribution >= 4 is 17.1 Å². The molecule has 0 atom stereocenters. The lowest BCUT2D eigenvalue weighted by Crippen LogP contribution is -2.23. The summed E-state index contributed by atoms with van der Waals surface area (Å²) >= 11 is 0. The standard InChI is InChI=1S/C15H16FN3O2/c1-2-18(14-6-4-3-5-12(14)16)10-11-7-8-13(17)15(9-11)19(20)21/h3-9H,2,10,17H2,1H3. The van der Waals surface area contributed by atoms with Gasteiger partial charge in [-0.15, -0.1) is 0 Å². The van der Waals surface area contributed by atoms with E-state index in [0.29, 0.717) is 24.3 Å². The summed E-state index contributed by atoms with van der Waals surface area (Å²) in [4.78, 5) is 12.2. The molecule has 2 aromatic rings. The molecule has 6 heteroatoms. The van der Waals surface area contributed by atoms with Crippen LogP contribution in [0.1, 0.15) is 12.5 Å². The normalized spacial score (nSPS) is 10.4. The van der Waals surface area contributed by atoms with Gasteiger partial charge in [0, 0.05) is 19.2 Å². The van der Waals surface area contributed by atoms with E-state index in [1.165, 1.54) is 18.2 Å². The molecule has 2 aromatic carbocycles. The highest BCUT2D eigenvalue weighted by Gasteiger charge is 2.15. The number of nitro groups is 1. The van der Waals surface area contributed by atoms with E-state index in [1.807, 2.05) is 11.8 Å². The molecule has 0 fully saturated rings. The Morgan fingerprint density at radius 3 is 2.62 bits per heavy atom. The third-order valence-corrected chi connectivity index (χ3v) is 3.24. The van der Waals surface area contributed by atoms with Gasteiger partial charge in [-0.1, -0.05) is 18.2 Å². The van der Waals surface area contributed by atoms with Crippen LogP contribution in [0.2, 0.25) is 0 Å². The minimum Gasteiger partial charge on any atom is -0.393 e. The highest BCUT2D eigenvalue weighted by atomic mass is 19.1. The van der Waals surface area contributed by atoms with E-state index < -0.39 is 4.92 Å². The molecule has 5 nitrogen and oxygen atoms in total. The van der Waals surface area contributed by atoms with Gasteiger partial charge in [0.15, 0.2) is 0 Å². The molecule has 0 aromatic heterocycles. The van der Waals surface area contributed by atoms with E-state index in [9.17, 15) is 14.5 Å². The number of para-hydroxylation sites is 1. The third-order valence-electron chi connectivity index (χ3n) is 3.24. The summed E-state index contributed by atoms with van der Waals surface area (Å²) in [6.07, 6.45) is 0. The maximum absolute atomic E-state index is 13.8. The molecule has 0 saturated heterocycles. The average molecular weight is 289 g/mol. The zero-order valence-electron chi connectivity index (χ0n) is 11.6. The van der Waals surface area contributed by atoms with Crippen LogP contribution < -0.4 is 10.6 Å². The van der Waals surface area contributed by atoms with Gasteiger partial charge in [-0.2, -0.15) is 0 Å². The number of nitrogen functional groups attached to an aromatic ring is 1. The second-order valence-electron chi connectivity index (χ2n) is 4.62. The fraction of sp³-hybridized carbons (Fsp3) is 0.200. The van der Waals surface area contributed by atoms with E-state index in [0.717, 1.165) is 0 Å². The van der Waals surface area contributed by atoms with Crippen molar-refractivity contribution < 1.29 is 9.31 Å². The molecule has 0 unspecified atom stereocenters. The first-order valence-electron chi connectivity index (χ1n) is 6.55. The lowest BCUT2D eigenvalue weighted by molar-refractivity contribution is -0.384. The number of nitrogens with two attached hydrogens (primary N) is 1. The molecule has 0 saturated carbocycles. The Labute approximate surface area is 122 Å². The molecular formula is C15H16FN3O2. The van der Waals surface area contributed by atoms with Crippen molar-refractivity contribution in [2.75, 3.05) is 17.2 Å². The van der Waals surface area contributed by atoms with Gasteiger partial charge < -0.3 is 10.6 Å². The predicted octanol–water partition coefficient (Wildman–Crippen LogP) is 3.34. The number of anilines is 2. The summed E-state index contributed by atoms with van der Waals surface area (Å²) in [5, 5.41) is 10.9. The van der Waals surface area contributed by atoms with Crippen molar-refractivity contribution in [3.05, 3.63) is 64.0 Å². The van der Waals surface area contributed by atoms with Gasteiger partial charge in [0.1, 0.15) is 11.5 Å². The molecule has 0 aliphatic heterocycles. The number of halogens is 1. The second-order valence-corrected chi connectivity index (χ2v) is 4.62. The van der Waals surface area contributed by atoms with Crippen LogP contribution in [0, 0.1) is 15.9 Å². The minimum atomic E-state index is -0.516. The van der Waals surface area contributed by atoms with Crippen LogP contribution in [0.15, 0.2) is 42.5 Å². The molecule has 110 valence electrons. The van der Waals surface area contributed by atoms with Gasteiger partial charge in [-0.25, -0.2) is 4.39 Å². The average Bonchev–Trinajstić information content (AvgIpc) is 2.47. The monoisotopic (exact) mass is 289 g/mol. The molecule has 2 N–H and O–H groups in total. The molecule has 0 amide bonds. The first-order valence-corrected chi connectivity index (χ1v) is 6.55. The van der Waals surface area contributed by atoms with Crippen LogP contribution in [0.5, 0.6) is 0 Å². The zero-order chi connectivity index (χ0) is 15.4. The fourth-order valence-corrected chi connectivity index (χ4v) is 2.14. The number of rotatable bonds is 5. The second kappa shape index (κ2) is 6.21. The Bertz CT molecular complexity index is 661. The van der Waals surface area contributed by atoms with E-state index >= 15 is 0 Å². The van der Waals surface area contributed by atoms with Crippen LogP contribution in [0.3, 0.4) is 0 Å².